The lowest BCUT2D eigenvalue weighted by Crippen LogP contribution is -2.33. The average Bonchev–Trinajstić information content (AvgIpc) is 2.95. The van der Waals surface area contributed by atoms with Gasteiger partial charge < -0.3 is 10.5 Å². The number of nitrogens with two attached hydrogens (primary N) is 1. The van der Waals surface area contributed by atoms with Gasteiger partial charge in [-0.2, -0.15) is 0 Å². The first-order valence-corrected chi connectivity index (χ1v) is 14.9. The Morgan fingerprint density at radius 2 is 1.56 bits per heavy atom. The summed E-state index contributed by atoms with van der Waals surface area (Å²) in [5.41, 5.74) is 10.1. The molecule has 2 N–H and O–H groups in total. The van der Waals surface area contributed by atoms with Crippen molar-refractivity contribution in [2.45, 2.75) is 68.6 Å². The Balaban J connectivity index is 1.35. The van der Waals surface area contributed by atoms with E-state index in [4.69, 9.17) is 10.5 Å². The fourth-order valence-electron chi connectivity index (χ4n) is 6.56. The van der Waals surface area contributed by atoms with E-state index in [-0.39, 0.29) is 40.0 Å². The van der Waals surface area contributed by atoms with E-state index < -0.39 is 5.97 Å². The number of ketones is 2. The lowest BCUT2D eigenvalue weighted by Gasteiger charge is -2.38. The van der Waals surface area contributed by atoms with Crippen LogP contribution in [0, 0.1) is 18.8 Å². The fourth-order valence-corrected chi connectivity index (χ4v) is 7.62. The number of esters is 1. The van der Waals surface area contributed by atoms with Crippen LogP contribution >= 0.6 is 11.8 Å². The summed E-state index contributed by atoms with van der Waals surface area (Å²) in [6.45, 7) is 2.04. The van der Waals surface area contributed by atoms with E-state index in [2.05, 4.69) is 0 Å². The van der Waals surface area contributed by atoms with E-state index in [0.29, 0.717) is 27.7 Å². The molecule has 0 bridgehead atoms. The van der Waals surface area contributed by atoms with Gasteiger partial charge in [0.25, 0.3) is 0 Å². The smallest absolute Gasteiger partial charge is 0.340 e. The summed E-state index contributed by atoms with van der Waals surface area (Å²) in [5.74, 6) is 0.866. The summed E-state index contributed by atoms with van der Waals surface area (Å²) >= 11 is 1.44. The van der Waals surface area contributed by atoms with E-state index in [9.17, 15) is 14.4 Å². The van der Waals surface area contributed by atoms with Gasteiger partial charge in [0.1, 0.15) is 6.10 Å². The maximum atomic E-state index is 13.7. The summed E-state index contributed by atoms with van der Waals surface area (Å²) in [5, 5.41) is 0. The highest BCUT2D eigenvalue weighted by molar-refractivity contribution is 7.98. The standard InChI is InChI=1S/C33H33NO4S/c1-19-10-12-20(13-11-19)18-39-27-17-26(33(37)38-23-15-14-21-6-2-3-7-22(21)16-23)30(34)29-28(27)31(35)24-8-4-5-9-25(24)32(29)36/h4-5,8-13,17,21-23H,2-3,6-7,14-16,18,34H2,1H3/t21-,22?,23+/m0/s1. The molecule has 3 atom stereocenters. The highest BCUT2D eigenvalue weighted by Crippen LogP contribution is 2.43. The number of benzene rings is 3. The molecule has 3 aromatic rings. The number of ether oxygens (including phenoxy) is 1. The Labute approximate surface area is 233 Å². The van der Waals surface area contributed by atoms with E-state index in [1.165, 1.54) is 43.0 Å². The number of hydrogen-bond acceptors (Lipinski definition) is 6. The predicted molar refractivity (Wildman–Crippen MR) is 153 cm³/mol. The van der Waals surface area contributed by atoms with Gasteiger partial charge in [-0.25, -0.2) is 4.79 Å². The van der Waals surface area contributed by atoms with Crippen LogP contribution in [0.5, 0.6) is 0 Å². The van der Waals surface area contributed by atoms with Crippen LogP contribution in [-0.4, -0.2) is 23.6 Å². The van der Waals surface area contributed by atoms with Gasteiger partial charge in [-0.3, -0.25) is 9.59 Å². The van der Waals surface area contributed by atoms with Gasteiger partial charge in [-0.1, -0.05) is 79.8 Å². The van der Waals surface area contributed by atoms with E-state index in [1.807, 2.05) is 31.2 Å². The Morgan fingerprint density at radius 1 is 0.897 bits per heavy atom. The van der Waals surface area contributed by atoms with Gasteiger partial charge in [0.15, 0.2) is 11.6 Å². The van der Waals surface area contributed by atoms with Crippen LogP contribution in [0.15, 0.2) is 59.5 Å². The van der Waals surface area contributed by atoms with E-state index in [1.54, 1.807) is 30.3 Å². The number of thioether (sulfide) groups is 1. The summed E-state index contributed by atoms with van der Waals surface area (Å²) in [7, 11) is 0. The maximum Gasteiger partial charge on any atom is 0.340 e. The number of aryl methyl sites for hydroxylation is 1. The van der Waals surface area contributed by atoms with Gasteiger partial charge in [0.05, 0.1) is 16.8 Å². The molecule has 2 saturated carbocycles. The van der Waals surface area contributed by atoms with Crippen molar-refractivity contribution in [3.05, 3.63) is 93.5 Å². The molecule has 3 aliphatic rings. The minimum atomic E-state index is -0.508. The van der Waals surface area contributed by atoms with Gasteiger partial charge in [-0.05, 0) is 49.7 Å². The summed E-state index contributed by atoms with van der Waals surface area (Å²) in [4.78, 5) is 41.5. The number of anilines is 1. The number of carbonyl (C=O) groups is 3. The van der Waals surface area contributed by atoms with Crippen LogP contribution in [-0.2, 0) is 10.5 Å². The van der Waals surface area contributed by atoms with Crippen molar-refractivity contribution in [3.63, 3.8) is 0 Å². The van der Waals surface area contributed by atoms with Crippen molar-refractivity contribution in [2.24, 2.45) is 11.8 Å². The molecule has 3 aliphatic carbocycles. The number of rotatable bonds is 5. The van der Waals surface area contributed by atoms with Crippen LogP contribution in [0.25, 0.3) is 0 Å². The van der Waals surface area contributed by atoms with E-state index in [0.717, 1.165) is 30.7 Å². The van der Waals surface area contributed by atoms with Crippen molar-refractivity contribution in [1.82, 2.24) is 0 Å². The first kappa shape index (κ1) is 25.9. The zero-order valence-corrected chi connectivity index (χ0v) is 23.0. The first-order chi connectivity index (χ1) is 18.9. The molecule has 6 rings (SSSR count). The molecule has 0 aliphatic heterocycles. The Hall–Kier alpha value is -3.38. The van der Waals surface area contributed by atoms with Crippen LogP contribution in [0.2, 0.25) is 0 Å². The second kappa shape index (κ2) is 10.6. The second-order valence-electron chi connectivity index (χ2n) is 11.2. The van der Waals surface area contributed by atoms with Crippen LogP contribution < -0.4 is 5.73 Å². The quantitative estimate of drug-likeness (QED) is 0.164. The zero-order valence-electron chi connectivity index (χ0n) is 22.2. The lowest BCUT2D eigenvalue weighted by atomic mass is 9.70. The molecule has 0 radical (unpaired) electrons. The largest absolute Gasteiger partial charge is 0.459 e. The summed E-state index contributed by atoms with van der Waals surface area (Å²) in [6.07, 6.45) is 7.73. The molecule has 0 amide bonds. The minimum Gasteiger partial charge on any atom is -0.459 e. The molecule has 200 valence electrons. The normalized spacial score (nSPS) is 22.0. The van der Waals surface area contributed by atoms with Crippen molar-refractivity contribution in [3.8, 4) is 0 Å². The van der Waals surface area contributed by atoms with E-state index >= 15 is 0 Å². The van der Waals surface area contributed by atoms with Crippen molar-refractivity contribution < 1.29 is 19.1 Å². The topological polar surface area (TPSA) is 86.5 Å². The van der Waals surface area contributed by atoms with Crippen molar-refractivity contribution >= 4 is 35.0 Å². The Morgan fingerprint density at radius 3 is 2.28 bits per heavy atom. The van der Waals surface area contributed by atoms with Gasteiger partial charge in [-0.15, -0.1) is 11.8 Å². The Bertz CT molecular complexity index is 1460. The highest BCUT2D eigenvalue weighted by Gasteiger charge is 2.37. The first-order valence-electron chi connectivity index (χ1n) is 13.9. The average molecular weight is 540 g/mol. The van der Waals surface area contributed by atoms with Gasteiger partial charge >= 0.3 is 5.97 Å². The SMILES string of the molecule is Cc1ccc(CSc2cc(C(=O)O[C@@H]3CC[C@@H]4CCCCC4C3)c(N)c3c2C(=O)c2ccccc2C3=O)cc1. The summed E-state index contributed by atoms with van der Waals surface area (Å²) < 4.78 is 6.04. The van der Waals surface area contributed by atoms with Crippen LogP contribution in [0.4, 0.5) is 5.69 Å². The summed E-state index contributed by atoms with van der Waals surface area (Å²) in [6, 6.07) is 16.7. The molecule has 3 aromatic carbocycles. The third-order valence-electron chi connectivity index (χ3n) is 8.70. The highest BCUT2D eigenvalue weighted by atomic mass is 32.2. The maximum absolute atomic E-state index is 13.7. The van der Waals surface area contributed by atoms with Crippen LogP contribution in [0.1, 0.15) is 98.3 Å². The second-order valence-corrected chi connectivity index (χ2v) is 12.2. The minimum absolute atomic E-state index is 0.0360. The molecule has 0 spiro atoms. The number of carbonyl (C=O) groups excluding carboxylic acids is 3. The number of hydrogen-bond donors (Lipinski definition) is 1. The van der Waals surface area contributed by atoms with Gasteiger partial charge in [0.2, 0.25) is 0 Å². The molecule has 5 nitrogen and oxygen atoms in total. The number of nitrogen functional groups attached to an aromatic ring is 1. The molecule has 0 aromatic heterocycles. The Kier molecular flexibility index (Phi) is 7.06. The molecular weight excluding hydrogens is 506 g/mol. The third kappa shape index (κ3) is 4.91. The van der Waals surface area contributed by atoms with Crippen molar-refractivity contribution in [2.75, 3.05) is 5.73 Å². The fraction of sp³-hybridized carbons (Fsp3) is 0.364. The molecule has 39 heavy (non-hydrogen) atoms. The number of fused-ring (bicyclic) bond motifs is 3. The molecule has 0 heterocycles. The lowest BCUT2D eigenvalue weighted by molar-refractivity contribution is -0.000862. The van der Waals surface area contributed by atoms with Crippen LogP contribution in [0.3, 0.4) is 0 Å². The molecular formula is C33H33NO4S. The zero-order chi connectivity index (χ0) is 27.1. The van der Waals surface area contributed by atoms with Crippen molar-refractivity contribution in [1.29, 1.82) is 0 Å². The third-order valence-corrected chi connectivity index (χ3v) is 9.81. The van der Waals surface area contributed by atoms with Gasteiger partial charge in [0, 0.05) is 27.3 Å². The monoisotopic (exact) mass is 539 g/mol. The predicted octanol–water partition coefficient (Wildman–Crippen LogP) is 7.16. The molecule has 0 saturated heterocycles. The molecule has 1 unspecified atom stereocenters. The molecule has 6 heteroatoms. The molecule has 2 fully saturated rings.